The van der Waals surface area contributed by atoms with Crippen molar-refractivity contribution in [1.29, 1.82) is 0 Å². The van der Waals surface area contributed by atoms with Crippen molar-refractivity contribution in [3.05, 3.63) is 35.7 Å². The van der Waals surface area contributed by atoms with Crippen LogP contribution in [0.3, 0.4) is 0 Å². The third kappa shape index (κ3) is 1.30. The molecule has 3 aromatic rings. The normalized spacial score (nSPS) is 11.0. The van der Waals surface area contributed by atoms with Crippen molar-refractivity contribution in [2.45, 2.75) is 0 Å². The van der Waals surface area contributed by atoms with E-state index < -0.39 is 0 Å². The minimum Gasteiger partial charge on any atom is -0.422 e. The lowest BCUT2D eigenvalue weighted by molar-refractivity contribution is 0.567. The highest BCUT2D eigenvalue weighted by atomic mass is 35.5. The van der Waals surface area contributed by atoms with E-state index in [4.69, 9.17) is 16.0 Å². The summed E-state index contributed by atoms with van der Waals surface area (Å²) in [6.45, 7) is 0. The number of hydrogen-bond donors (Lipinski definition) is 1. The van der Waals surface area contributed by atoms with Gasteiger partial charge in [-0.15, -0.1) is 10.2 Å². The van der Waals surface area contributed by atoms with E-state index >= 15 is 0 Å². The number of fused-ring (bicyclic) bond motifs is 1. The lowest BCUT2D eigenvalue weighted by atomic mass is 10.2. The Morgan fingerprint density at radius 3 is 3.00 bits per heavy atom. The fourth-order valence-corrected chi connectivity index (χ4v) is 1.75. The zero-order valence-corrected chi connectivity index (χ0v) is 8.32. The minimum absolute atomic E-state index is 0.460. The van der Waals surface area contributed by atoms with E-state index in [9.17, 15) is 0 Å². The van der Waals surface area contributed by atoms with Gasteiger partial charge in [-0.3, -0.25) is 0 Å². The molecule has 0 aliphatic rings. The van der Waals surface area contributed by atoms with Crippen molar-refractivity contribution in [2.24, 2.45) is 0 Å². The third-order valence-corrected chi connectivity index (χ3v) is 2.53. The number of halogens is 1. The molecule has 74 valence electrons. The summed E-state index contributed by atoms with van der Waals surface area (Å²) >= 11 is 6.05. The molecule has 0 saturated carbocycles. The fraction of sp³-hybridized carbons (Fsp3) is 0. The molecule has 3 rings (SSSR count). The molecule has 0 atom stereocenters. The Balaban J connectivity index is 2.27. The first-order valence-corrected chi connectivity index (χ1v) is 4.76. The van der Waals surface area contributed by atoms with Gasteiger partial charge in [-0.1, -0.05) is 17.7 Å². The second-order valence-electron chi connectivity index (χ2n) is 3.13. The topological polar surface area (TPSA) is 54.7 Å². The lowest BCUT2D eigenvalue weighted by Gasteiger charge is -1.89. The molecule has 0 saturated heterocycles. The maximum absolute atomic E-state index is 6.05. The quantitative estimate of drug-likeness (QED) is 0.685. The van der Waals surface area contributed by atoms with Gasteiger partial charge < -0.3 is 9.40 Å². The molecule has 0 unspecified atom stereocenters. The lowest BCUT2D eigenvalue weighted by Crippen LogP contribution is -1.75. The Labute approximate surface area is 89.9 Å². The molecule has 0 spiro atoms. The summed E-state index contributed by atoms with van der Waals surface area (Å²) in [7, 11) is 0. The Bertz CT molecular complexity index is 600. The van der Waals surface area contributed by atoms with E-state index in [1.54, 1.807) is 0 Å². The molecule has 2 aromatic heterocycles. The number of rotatable bonds is 1. The number of benzene rings is 1. The average molecular weight is 220 g/mol. The third-order valence-electron chi connectivity index (χ3n) is 2.20. The highest BCUT2D eigenvalue weighted by Crippen LogP contribution is 2.27. The number of aromatic nitrogens is 3. The van der Waals surface area contributed by atoms with Crippen molar-refractivity contribution in [3.63, 3.8) is 0 Å². The van der Waals surface area contributed by atoms with Gasteiger partial charge in [0.2, 0.25) is 6.39 Å². The van der Waals surface area contributed by atoms with Crippen LogP contribution in [0.2, 0.25) is 5.02 Å². The summed E-state index contributed by atoms with van der Waals surface area (Å²) in [6, 6.07) is 7.57. The van der Waals surface area contributed by atoms with Crippen molar-refractivity contribution < 1.29 is 4.42 Å². The van der Waals surface area contributed by atoms with Gasteiger partial charge in [0.25, 0.3) is 5.89 Å². The van der Waals surface area contributed by atoms with Crippen molar-refractivity contribution in [2.75, 3.05) is 0 Å². The monoisotopic (exact) mass is 219 g/mol. The van der Waals surface area contributed by atoms with Crippen LogP contribution in [-0.4, -0.2) is 15.2 Å². The molecule has 0 fully saturated rings. The zero-order chi connectivity index (χ0) is 10.3. The van der Waals surface area contributed by atoms with Gasteiger partial charge >= 0.3 is 0 Å². The number of nitrogens with zero attached hydrogens (tertiary/aromatic N) is 2. The predicted molar refractivity (Wildman–Crippen MR) is 56.6 cm³/mol. The number of aromatic amines is 1. The van der Waals surface area contributed by atoms with E-state index in [1.807, 2.05) is 24.3 Å². The van der Waals surface area contributed by atoms with Crippen LogP contribution in [0.1, 0.15) is 0 Å². The molecule has 5 heteroatoms. The van der Waals surface area contributed by atoms with Gasteiger partial charge in [0.15, 0.2) is 0 Å². The second kappa shape index (κ2) is 3.10. The Morgan fingerprint density at radius 2 is 2.27 bits per heavy atom. The Kier molecular flexibility index (Phi) is 1.76. The van der Waals surface area contributed by atoms with Gasteiger partial charge in [-0.05, 0) is 18.2 Å². The highest BCUT2D eigenvalue weighted by molar-refractivity contribution is 6.35. The molecular formula is C10H6ClN3O. The van der Waals surface area contributed by atoms with Crippen molar-refractivity contribution >= 4 is 22.5 Å². The minimum atomic E-state index is 0.460. The molecule has 0 bridgehead atoms. The SMILES string of the molecule is Clc1cccc2[nH]c(-c3nnco3)cc12. The summed E-state index contributed by atoms with van der Waals surface area (Å²) in [6.07, 6.45) is 1.29. The van der Waals surface area contributed by atoms with E-state index in [0.29, 0.717) is 10.9 Å². The van der Waals surface area contributed by atoms with Crippen LogP contribution in [0, 0.1) is 0 Å². The van der Waals surface area contributed by atoms with Gasteiger partial charge in [0.1, 0.15) is 5.69 Å². The van der Waals surface area contributed by atoms with Gasteiger partial charge in [-0.25, -0.2) is 0 Å². The van der Waals surface area contributed by atoms with Crippen LogP contribution in [0.5, 0.6) is 0 Å². The van der Waals surface area contributed by atoms with E-state index in [2.05, 4.69) is 15.2 Å². The molecule has 1 aromatic carbocycles. The van der Waals surface area contributed by atoms with Crippen molar-refractivity contribution in [1.82, 2.24) is 15.2 Å². The molecule has 4 nitrogen and oxygen atoms in total. The van der Waals surface area contributed by atoms with E-state index in [-0.39, 0.29) is 0 Å². The summed E-state index contributed by atoms with van der Waals surface area (Å²) in [4.78, 5) is 3.16. The molecule has 0 amide bonds. The number of hydrogen-bond acceptors (Lipinski definition) is 3. The van der Waals surface area contributed by atoms with Crippen LogP contribution in [0.4, 0.5) is 0 Å². The smallest absolute Gasteiger partial charge is 0.263 e. The van der Waals surface area contributed by atoms with Crippen LogP contribution in [-0.2, 0) is 0 Å². The molecule has 2 heterocycles. The number of nitrogens with one attached hydrogen (secondary N) is 1. The first-order chi connectivity index (χ1) is 7.34. The summed E-state index contributed by atoms with van der Waals surface area (Å²) in [5, 5.41) is 9.10. The average Bonchev–Trinajstić information content (AvgIpc) is 2.86. The summed E-state index contributed by atoms with van der Waals surface area (Å²) in [5.41, 5.74) is 1.73. The van der Waals surface area contributed by atoms with Crippen molar-refractivity contribution in [3.8, 4) is 11.6 Å². The Morgan fingerprint density at radius 1 is 1.33 bits per heavy atom. The largest absolute Gasteiger partial charge is 0.422 e. The maximum Gasteiger partial charge on any atom is 0.263 e. The van der Waals surface area contributed by atoms with Gasteiger partial charge in [0.05, 0.1) is 0 Å². The standard InChI is InChI=1S/C10H6ClN3O/c11-7-2-1-3-8-6(7)4-9(13-8)10-14-12-5-15-10/h1-5,13H. The first kappa shape index (κ1) is 8.49. The fourth-order valence-electron chi connectivity index (χ4n) is 1.52. The summed E-state index contributed by atoms with van der Waals surface area (Å²) in [5.74, 6) is 0.460. The molecule has 15 heavy (non-hydrogen) atoms. The predicted octanol–water partition coefficient (Wildman–Crippen LogP) is 2.87. The van der Waals surface area contributed by atoms with E-state index in [0.717, 1.165) is 16.6 Å². The molecule has 0 radical (unpaired) electrons. The van der Waals surface area contributed by atoms with Crippen LogP contribution in [0.15, 0.2) is 35.1 Å². The zero-order valence-electron chi connectivity index (χ0n) is 7.57. The van der Waals surface area contributed by atoms with Gasteiger partial charge in [-0.2, -0.15) is 0 Å². The van der Waals surface area contributed by atoms with Crippen LogP contribution in [0.25, 0.3) is 22.5 Å². The molecule has 0 aliphatic heterocycles. The molecule has 1 N–H and O–H groups in total. The Hall–Kier alpha value is -1.81. The second-order valence-corrected chi connectivity index (χ2v) is 3.54. The maximum atomic E-state index is 6.05. The van der Waals surface area contributed by atoms with Crippen LogP contribution < -0.4 is 0 Å². The van der Waals surface area contributed by atoms with Gasteiger partial charge in [0, 0.05) is 15.9 Å². The summed E-state index contributed by atoms with van der Waals surface area (Å²) < 4.78 is 5.09. The van der Waals surface area contributed by atoms with E-state index in [1.165, 1.54) is 6.39 Å². The number of H-pyrrole nitrogens is 1. The molecular weight excluding hydrogens is 214 g/mol. The van der Waals surface area contributed by atoms with Crippen LogP contribution >= 0.6 is 11.6 Å². The molecule has 0 aliphatic carbocycles. The highest BCUT2D eigenvalue weighted by Gasteiger charge is 2.08. The first-order valence-electron chi connectivity index (χ1n) is 4.38.